The quantitative estimate of drug-likeness (QED) is 0.145. The summed E-state index contributed by atoms with van der Waals surface area (Å²) >= 11 is 0. The molecule has 0 unspecified atom stereocenters. The van der Waals surface area contributed by atoms with E-state index in [1.807, 2.05) is 13.8 Å². The van der Waals surface area contributed by atoms with E-state index in [4.69, 9.17) is 10.9 Å². The van der Waals surface area contributed by atoms with Crippen molar-refractivity contribution in [3.8, 4) is 0 Å². The zero-order valence-corrected chi connectivity index (χ0v) is 20.2. The monoisotopic (exact) mass is 490 g/mol. The summed E-state index contributed by atoms with van der Waals surface area (Å²) < 4.78 is 0. The molecular weight excluding hydrogens is 456 g/mol. The lowest BCUT2D eigenvalue weighted by Gasteiger charge is -2.27. The Morgan fingerprint density at radius 3 is 2.31 bits per heavy atom. The minimum absolute atomic E-state index is 0.0536. The van der Waals surface area contributed by atoms with Gasteiger partial charge in [-0.05, 0) is 56.4 Å². The molecule has 1 heterocycles. The fraction of sp³-hybridized carbons (Fsp3) is 0.522. The maximum absolute atomic E-state index is 13.0. The molecule has 0 radical (unpaired) electrons. The SMILES string of the molecule is CC(C)C[C@H](NC(=O)[C@H]1CCCN1C(=O)CNC(=O)c1ccc(N)cc1)C(=O)N[C@@H](C)C(=O)NO. The summed E-state index contributed by atoms with van der Waals surface area (Å²) in [5.74, 6) is -2.65. The molecule has 1 aromatic rings. The van der Waals surface area contributed by atoms with Crippen molar-refractivity contribution < 1.29 is 29.2 Å². The minimum Gasteiger partial charge on any atom is -0.399 e. The van der Waals surface area contributed by atoms with Crippen LogP contribution in [0.15, 0.2) is 24.3 Å². The molecule has 192 valence electrons. The van der Waals surface area contributed by atoms with Crippen LogP contribution in [0.4, 0.5) is 5.69 Å². The van der Waals surface area contributed by atoms with E-state index in [1.54, 1.807) is 24.3 Å². The van der Waals surface area contributed by atoms with E-state index < -0.39 is 47.7 Å². The van der Waals surface area contributed by atoms with E-state index in [0.717, 1.165) is 0 Å². The second-order valence-corrected chi connectivity index (χ2v) is 8.95. The summed E-state index contributed by atoms with van der Waals surface area (Å²) in [7, 11) is 0. The summed E-state index contributed by atoms with van der Waals surface area (Å²) in [5, 5.41) is 16.4. The Morgan fingerprint density at radius 1 is 1.06 bits per heavy atom. The zero-order valence-electron chi connectivity index (χ0n) is 20.2. The van der Waals surface area contributed by atoms with Crippen molar-refractivity contribution in [3.63, 3.8) is 0 Å². The van der Waals surface area contributed by atoms with Crippen molar-refractivity contribution in [3.05, 3.63) is 29.8 Å². The molecule has 0 aromatic heterocycles. The lowest BCUT2D eigenvalue weighted by atomic mass is 10.0. The van der Waals surface area contributed by atoms with Crippen LogP contribution in [-0.2, 0) is 19.2 Å². The number of rotatable bonds is 10. The van der Waals surface area contributed by atoms with Crippen molar-refractivity contribution in [2.75, 3.05) is 18.8 Å². The molecule has 0 spiro atoms. The molecule has 35 heavy (non-hydrogen) atoms. The number of nitrogens with two attached hydrogens (primary N) is 1. The fourth-order valence-electron chi connectivity index (χ4n) is 3.78. The molecule has 2 rings (SSSR count). The topological polar surface area (TPSA) is 183 Å². The maximum Gasteiger partial charge on any atom is 0.265 e. The van der Waals surface area contributed by atoms with Gasteiger partial charge in [-0.1, -0.05) is 13.8 Å². The number of nitrogen functional groups attached to an aromatic ring is 1. The number of carbonyl (C=O) groups excluding carboxylic acids is 5. The number of anilines is 1. The molecule has 1 aliphatic heterocycles. The molecule has 3 atom stereocenters. The van der Waals surface area contributed by atoms with Gasteiger partial charge in [-0.15, -0.1) is 0 Å². The van der Waals surface area contributed by atoms with E-state index in [9.17, 15) is 24.0 Å². The second kappa shape index (κ2) is 12.7. The van der Waals surface area contributed by atoms with Crippen LogP contribution in [0.25, 0.3) is 0 Å². The number of amides is 5. The largest absolute Gasteiger partial charge is 0.399 e. The number of hydrogen-bond acceptors (Lipinski definition) is 7. The average Bonchev–Trinajstić information content (AvgIpc) is 3.31. The molecule has 1 aliphatic rings. The molecule has 1 aromatic carbocycles. The summed E-state index contributed by atoms with van der Waals surface area (Å²) in [6, 6.07) is 3.54. The van der Waals surface area contributed by atoms with Crippen LogP contribution in [0, 0.1) is 5.92 Å². The fourth-order valence-corrected chi connectivity index (χ4v) is 3.78. The van der Waals surface area contributed by atoms with Crippen LogP contribution in [0.3, 0.4) is 0 Å². The molecule has 0 saturated carbocycles. The first-order chi connectivity index (χ1) is 16.5. The third kappa shape index (κ3) is 7.95. The van der Waals surface area contributed by atoms with Crippen molar-refractivity contribution in [2.24, 2.45) is 5.92 Å². The Balaban J connectivity index is 1.99. The molecule has 5 amide bonds. The number of likely N-dealkylation sites (tertiary alicyclic amines) is 1. The number of hydroxylamine groups is 1. The molecule has 0 bridgehead atoms. The molecule has 12 heteroatoms. The Morgan fingerprint density at radius 2 is 1.71 bits per heavy atom. The van der Waals surface area contributed by atoms with Crippen molar-refractivity contribution in [1.29, 1.82) is 0 Å². The van der Waals surface area contributed by atoms with Gasteiger partial charge in [-0.25, -0.2) is 5.48 Å². The molecule has 1 saturated heterocycles. The van der Waals surface area contributed by atoms with E-state index in [2.05, 4.69) is 16.0 Å². The molecule has 0 aliphatic carbocycles. The predicted octanol–water partition coefficient (Wildman–Crippen LogP) is -0.469. The van der Waals surface area contributed by atoms with Gasteiger partial charge in [0.25, 0.3) is 11.8 Å². The first-order valence-corrected chi connectivity index (χ1v) is 11.5. The lowest BCUT2D eigenvalue weighted by Crippen LogP contribution is -2.56. The van der Waals surface area contributed by atoms with Gasteiger partial charge in [-0.3, -0.25) is 29.2 Å². The Labute approximate surface area is 203 Å². The Hall–Kier alpha value is -3.67. The summed E-state index contributed by atoms with van der Waals surface area (Å²) in [5.41, 5.74) is 7.95. The van der Waals surface area contributed by atoms with Gasteiger partial charge in [0.1, 0.15) is 18.1 Å². The Bertz CT molecular complexity index is 935. The van der Waals surface area contributed by atoms with Gasteiger partial charge in [0, 0.05) is 17.8 Å². The highest BCUT2D eigenvalue weighted by atomic mass is 16.5. The summed E-state index contributed by atoms with van der Waals surface area (Å²) in [6.07, 6.45) is 1.33. The molecule has 1 fully saturated rings. The molecular formula is C23H34N6O6. The smallest absolute Gasteiger partial charge is 0.265 e. The van der Waals surface area contributed by atoms with Gasteiger partial charge in [0.2, 0.25) is 17.7 Å². The van der Waals surface area contributed by atoms with Crippen molar-refractivity contribution in [1.82, 2.24) is 26.3 Å². The van der Waals surface area contributed by atoms with E-state index in [-0.39, 0.29) is 12.5 Å². The van der Waals surface area contributed by atoms with Crippen LogP contribution in [0.1, 0.15) is 50.4 Å². The van der Waals surface area contributed by atoms with Gasteiger partial charge in [0.05, 0.1) is 6.54 Å². The normalized spacial score (nSPS) is 16.8. The average molecular weight is 491 g/mol. The van der Waals surface area contributed by atoms with Crippen LogP contribution < -0.4 is 27.2 Å². The predicted molar refractivity (Wildman–Crippen MR) is 127 cm³/mol. The maximum atomic E-state index is 13.0. The van der Waals surface area contributed by atoms with Crippen LogP contribution in [0.5, 0.6) is 0 Å². The summed E-state index contributed by atoms with van der Waals surface area (Å²) in [6.45, 7) is 5.23. The van der Waals surface area contributed by atoms with Crippen LogP contribution >= 0.6 is 0 Å². The third-order valence-electron chi connectivity index (χ3n) is 5.65. The molecule has 12 nitrogen and oxygen atoms in total. The van der Waals surface area contributed by atoms with Gasteiger partial charge >= 0.3 is 0 Å². The second-order valence-electron chi connectivity index (χ2n) is 8.95. The lowest BCUT2D eigenvalue weighted by molar-refractivity contribution is -0.139. The first-order valence-electron chi connectivity index (χ1n) is 11.5. The van der Waals surface area contributed by atoms with E-state index >= 15 is 0 Å². The highest BCUT2D eigenvalue weighted by molar-refractivity contribution is 5.98. The zero-order chi connectivity index (χ0) is 26.1. The van der Waals surface area contributed by atoms with Gasteiger partial charge in [-0.2, -0.15) is 0 Å². The van der Waals surface area contributed by atoms with E-state index in [0.29, 0.717) is 37.1 Å². The number of nitrogens with zero attached hydrogens (tertiary/aromatic N) is 1. The highest BCUT2D eigenvalue weighted by Crippen LogP contribution is 2.18. The van der Waals surface area contributed by atoms with Gasteiger partial charge < -0.3 is 26.6 Å². The number of benzene rings is 1. The summed E-state index contributed by atoms with van der Waals surface area (Å²) in [4.78, 5) is 63.7. The van der Waals surface area contributed by atoms with Crippen molar-refractivity contribution in [2.45, 2.75) is 58.2 Å². The first kappa shape index (κ1) is 27.6. The number of hydrogen-bond donors (Lipinski definition) is 6. The van der Waals surface area contributed by atoms with Crippen LogP contribution in [-0.4, -0.2) is 70.9 Å². The molecule has 7 N–H and O–H groups in total. The Kier molecular flexibility index (Phi) is 10.0. The van der Waals surface area contributed by atoms with Crippen LogP contribution in [0.2, 0.25) is 0 Å². The highest BCUT2D eigenvalue weighted by Gasteiger charge is 2.36. The van der Waals surface area contributed by atoms with Crippen molar-refractivity contribution >= 4 is 35.2 Å². The number of carbonyl (C=O) groups is 5. The van der Waals surface area contributed by atoms with E-state index in [1.165, 1.54) is 17.3 Å². The van der Waals surface area contributed by atoms with Gasteiger partial charge in [0.15, 0.2) is 0 Å². The third-order valence-corrected chi connectivity index (χ3v) is 5.65. The standard InChI is InChI=1S/C23H34N6O6/c1-13(2)11-17(22(33)26-14(3)20(31)28-35)27-23(34)18-5-4-10-29(18)19(30)12-25-21(32)15-6-8-16(24)9-7-15/h6-9,13-14,17-18,35H,4-5,10-12,24H2,1-3H3,(H,25,32)(H,26,33)(H,27,34)(H,28,31)/t14-,17-,18+/m0/s1. The minimum atomic E-state index is -1.01. The number of nitrogens with one attached hydrogen (secondary N) is 4.